The van der Waals surface area contributed by atoms with E-state index >= 15 is 0 Å². The zero-order chi connectivity index (χ0) is 13.7. The van der Waals surface area contributed by atoms with Crippen LogP contribution in [0.2, 0.25) is 0 Å². The standard InChI is InChI=1S/C15H23N3/c1-11(2)15(10-18(4)5)17-14-7-6-13(9-16)8-12(14)3/h6-8,11,15,17H,10H2,1-5H3. The van der Waals surface area contributed by atoms with E-state index in [1.54, 1.807) is 0 Å². The van der Waals surface area contributed by atoms with Gasteiger partial charge >= 0.3 is 0 Å². The van der Waals surface area contributed by atoms with Crippen molar-refractivity contribution < 1.29 is 0 Å². The van der Waals surface area contributed by atoms with Crippen LogP contribution in [0.1, 0.15) is 25.0 Å². The Morgan fingerprint density at radius 3 is 2.44 bits per heavy atom. The van der Waals surface area contributed by atoms with E-state index in [4.69, 9.17) is 5.26 Å². The van der Waals surface area contributed by atoms with Crippen LogP contribution >= 0.6 is 0 Å². The Kier molecular flexibility index (Phi) is 5.18. The highest BCUT2D eigenvalue weighted by Gasteiger charge is 2.15. The molecule has 0 aliphatic carbocycles. The Labute approximate surface area is 110 Å². The maximum absolute atomic E-state index is 8.86. The van der Waals surface area contributed by atoms with Crippen molar-refractivity contribution in [2.24, 2.45) is 5.92 Å². The summed E-state index contributed by atoms with van der Waals surface area (Å²) in [5.74, 6) is 0.558. The number of nitrogens with one attached hydrogen (secondary N) is 1. The minimum Gasteiger partial charge on any atom is -0.381 e. The molecule has 0 saturated carbocycles. The molecule has 0 aliphatic rings. The summed E-state index contributed by atoms with van der Waals surface area (Å²) in [5, 5.41) is 12.4. The van der Waals surface area contributed by atoms with E-state index in [-0.39, 0.29) is 0 Å². The van der Waals surface area contributed by atoms with Gasteiger partial charge in [-0.15, -0.1) is 0 Å². The Hall–Kier alpha value is -1.53. The third-order valence-corrected chi connectivity index (χ3v) is 3.06. The van der Waals surface area contributed by atoms with Crippen LogP contribution < -0.4 is 5.32 Å². The molecule has 0 fully saturated rings. The molecule has 0 heterocycles. The quantitative estimate of drug-likeness (QED) is 0.867. The second-order valence-corrected chi connectivity index (χ2v) is 5.40. The fourth-order valence-electron chi connectivity index (χ4n) is 1.91. The number of aryl methyl sites for hydroxylation is 1. The number of hydrogen-bond donors (Lipinski definition) is 1. The Balaban J connectivity index is 2.84. The third kappa shape index (κ3) is 4.05. The highest BCUT2D eigenvalue weighted by Crippen LogP contribution is 2.19. The fraction of sp³-hybridized carbons (Fsp3) is 0.533. The molecule has 1 aromatic carbocycles. The summed E-state index contributed by atoms with van der Waals surface area (Å²) in [7, 11) is 4.17. The van der Waals surface area contributed by atoms with Gasteiger partial charge in [-0.3, -0.25) is 0 Å². The van der Waals surface area contributed by atoms with Crippen molar-refractivity contribution in [3.63, 3.8) is 0 Å². The van der Waals surface area contributed by atoms with Crippen LogP contribution in [0.5, 0.6) is 0 Å². The molecule has 0 bridgehead atoms. The molecule has 0 aliphatic heterocycles. The van der Waals surface area contributed by atoms with E-state index in [1.807, 2.05) is 25.1 Å². The average molecular weight is 245 g/mol. The van der Waals surface area contributed by atoms with Gasteiger partial charge in [0.05, 0.1) is 11.6 Å². The minimum atomic E-state index is 0.409. The molecule has 0 saturated heterocycles. The first kappa shape index (κ1) is 14.5. The zero-order valence-corrected chi connectivity index (χ0v) is 12.0. The molecule has 1 N–H and O–H groups in total. The molecule has 0 amide bonds. The van der Waals surface area contributed by atoms with Crippen LogP contribution in [0.4, 0.5) is 5.69 Å². The van der Waals surface area contributed by atoms with Gasteiger partial charge in [-0.25, -0.2) is 0 Å². The largest absolute Gasteiger partial charge is 0.381 e. The first-order valence-electron chi connectivity index (χ1n) is 6.36. The number of hydrogen-bond acceptors (Lipinski definition) is 3. The van der Waals surface area contributed by atoms with E-state index in [9.17, 15) is 0 Å². The molecule has 0 aromatic heterocycles. The smallest absolute Gasteiger partial charge is 0.0991 e. The summed E-state index contributed by atoms with van der Waals surface area (Å²) < 4.78 is 0. The summed E-state index contributed by atoms with van der Waals surface area (Å²) in [6, 6.07) is 8.36. The molecule has 18 heavy (non-hydrogen) atoms. The van der Waals surface area contributed by atoms with E-state index in [0.717, 1.165) is 17.8 Å². The lowest BCUT2D eigenvalue weighted by molar-refractivity contribution is 0.344. The monoisotopic (exact) mass is 245 g/mol. The highest BCUT2D eigenvalue weighted by molar-refractivity contribution is 5.54. The van der Waals surface area contributed by atoms with Gasteiger partial charge in [-0.2, -0.15) is 5.26 Å². The van der Waals surface area contributed by atoms with E-state index in [0.29, 0.717) is 17.5 Å². The summed E-state index contributed by atoms with van der Waals surface area (Å²) in [6.07, 6.45) is 0. The maximum atomic E-state index is 8.86. The SMILES string of the molecule is Cc1cc(C#N)ccc1NC(CN(C)C)C(C)C. The summed E-state index contributed by atoms with van der Waals surface area (Å²) >= 11 is 0. The van der Waals surface area contributed by atoms with Crippen molar-refractivity contribution in [2.75, 3.05) is 26.0 Å². The Morgan fingerprint density at radius 2 is 2.00 bits per heavy atom. The highest BCUT2D eigenvalue weighted by atomic mass is 15.1. The molecule has 3 heteroatoms. The fourth-order valence-corrected chi connectivity index (χ4v) is 1.91. The lowest BCUT2D eigenvalue weighted by Gasteiger charge is -2.27. The van der Waals surface area contributed by atoms with Crippen molar-refractivity contribution in [1.29, 1.82) is 5.26 Å². The van der Waals surface area contributed by atoms with Crippen molar-refractivity contribution >= 4 is 5.69 Å². The van der Waals surface area contributed by atoms with E-state index in [2.05, 4.69) is 44.2 Å². The van der Waals surface area contributed by atoms with Crippen molar-refractivity contribution in [3.8, 4) is 6.07 Å². The third-order valence-electron chi connectivity index (χ3n) is 3.06. The number of likely N-dealkylation sites (N-methyl/N-ethyl adjacent to an activating group) is 1. The lowest BCUT2D eigenvalue weighted by atomic mass is 10.0. The normalized spacial score (nSPS) is 12.6. The number of rotatable bonds is 5. The van der Waals surface area contributed by atoms with Gasteiger partial charge in [0.1, 0.15) is 0 Å². The molecule has 0 radical (unpaired) electrons. The molecular formula is C15H23N3. The summed E-state index contributed by atoms with van der Waals surface area (Å²) in [6.45, 7) is 7.48. The number of nitrogens with zero attached hydrogens (tertiary/aromatic N) is 2. The summed E-state index contributed by atoms with van der Waals surface area (Å²) in [4.78, 5) is 2.19. The zero-order valence-electron chi connectivity index (χ0n) is 12.0. The maximum Gasteiger partial charge on any atom is 0.0991 e. The van der Waals surface area contributed by atoms with Crippen LogP contribution in [0.25, 0.3) is 0 Å². The van der Waals surface area contributed by atoms with Crippen LogP contribution in [-0.2, 0) is 0 Å². The van der Waals surface area contributed by atoms with Gasteiger partial charge in [-0.1, -0.05) is 13.8 Å². The van der Waals surface area contributed by atoms with Gasteiger partial charge in [0.25, 0.3) is 0 Å². The van der Waals surface area contributed by atoms with Gasteiger partial charge in [0.2, 0.25) is 0 Å². The van der Waals surface area contributed by atoms with Gasteiger partial charge in [0.15, 0.2) is 0 Å². The molecule has 3 nitrogen and oxygen atoms in total. The van der Waals surface area contributed by atoms with Gasteiger partial charge < -0.3 is 10.2 Å². The molecular weight excluding hydrogens is 222 g/mol. The predicted octanol–water partition coefficient (Wildman–Crippen LogP) is 2.86. The molecule has 1 aromatic rings. The lowest BCUT2D eigenvalue weighted by Crippen LogP contribution is -2.36. The van der Waals surface area contributed by atoms with Crippen LogP contribution in [0.15, 0.2) is 18.2 Å². The molecule has 98 valence electrons. The van der Waals surface area contributed by atoms with E-state index in [1.165, 1.54) is 0 Å². The van der Waals surface area contributed by atoms with Crippen molar-refractivity contribution in [3.05, 3.63) is 29.3 Å². The second-order valence-electron chi connectivity index (χ2n) is 5.40. The summed E-state index contributed by atoms with van der Waals surface area (Å²) in [5.41, 5.74) is 2.96. The molecule has 1 atom stereocenters. The van der Waals surface area contributed by atoms with Crippen molar-refractivity contribution in [2.45, 2.75) is 26.8 Å². The number of anilines is 1. The van der Waals surface area contributed by atoms with Crippen LogP contribution in [0.3, 0.4) is 0 Å². The number of benzene rings is 1. The first-order valence-corrected chi connectivity index (χ1v) is 6.36. The minimum absolute atomic E-state index is 0.409. The van der Waals surface area contributed by atoms with E-state index < -0.39 is 0 Å². The molecule has 0 spiro atoms. The number of nitriles is 1. The average Bonchev–Trinajstić information content (AvgIpc) is 2.29. The van der Waals surface area contributed by atoms with Crippen molar-refractivity contribution in [1.82, 2.24) is 4.90 Å². The predicted molar refractivity (Wildman–Crippen MR) is 76.7 cm³/mol. The topological polar surface area (TPSA) is 39.1 Å². The first-order chi connectivity index (χ1) is 8.43. The van der Waals surface area contributed by atoms with Crippen LogP contribution in [0, 0.1) is 24.2 Å². The second kappa shape index (κ2) is 6.42. The van der Waals surface area contributed by atoms with Gasteiger partial charge in [0, 0.05) is 18.3 Å². The van der Waals surface area contributed by atoms with Crippen LogP contribution in [-0.4, -0.2) is 31.6 Å². The Morgan fingerprint density at radius 1 is 1.33 bits per heavy atom. The molecule has 1 unspecified atom stereocenters. The van der Waals surface area contributed by atoms with Gasteiger partial charge in [-0.05, 0) is 50.7 Å². The molecule has 1 rings (SSSR count). The Bertz CT molecular complexity index is 430.